The average Bonchev–Trinajstić information content (AvgIpc) is 0.872. The summed E-state index contributed by atoms with van der Waals surface area (Å²) in [5.41, 5.74) is 11.4. The second-order valence-corrected chi connectivity index (χ2v) is 33.3. The molecule has 3 amide bonds. The van der Waals surface area contributed by atoms with Crippen LogP contribution in [0.1, 0.15) is 248 Å². The number of halogens is 12. The second kappa shape index (κ2) is 74.2. The summed E-state index contributed by atoms with van der Waals surface area (Å²) in [7, 11) is 0. The number of aromatic hydroxyl groups is 1. The van der Waals surface area contributed by atoms with Crippen LogP contribution in [0.4, 0.5) is 39.5 Å². The van der Waals surface area contributed by atoms with Gasteiger partial charge in [0.25, 0.3) is 6.47 Å². The number of aliphatic hydroxyl groups is 2. The summed E-state index contributed by atoms with van der Waals surface area (Å²) in [5, 5.41) is 42.5. The number of nitrogens with two attached hydrogens (primary N) is 1. The molecule has 5 fully saturated rings. The molecule has 10 rings (SSSR count). The van der Waals surface area contributed by atoms with E-state index in [2.05, 4.69) is 70.1 Å². The molecule has 0 unspecified atom stereocenters. The van der Waals surface area contributed by atoms with Gasteiger partial charge >= 0.3 is 145 Å². The number of alkyl halides is 10. The smallest absolute Gasteiger partial charge is 1.00 e. The van der Waals surface area contributed by atoms with Crippen LogP contribution in [0.15, 0.2) is 119 Å². The molecule has 0 saturated heterocycles. The molecule has 5 aliphatic rings. The molecule has 0 heterocycles. The van der Waals surface area contributed by atoms with E-state index in [0.29, 0.717) is 119 Å². The topological polar surface area (TPSA) is 338 Å². The Morgan fingerprint density at radius 1 is 0.481 bits per heavy atom. The van der Waals surface area contributed by atoms with Gasteiger partial charge in [-0.05, 0) is 240 Å². The van der Waals surface area contributed by atoms with Crippen molar-refractivity contribution < 1.29 is 231 Å². The monoisotopic (exact) mass is 2070 g/mol. The van der Waals surface area contributed by atoms with E-state index in [-0.39, 0.29) is 155 Å². The molecular formula is C93H126Br3F9K2N4O18. The predicted octanol–water partition coefficient (Wildman–Crippen LogP) is 14.1. The number of carbonyl (C=O) groups excluding carboxylic acids is 8. The van der Waals surface area contributed by atoms with E-state index in [1.807, 2.05) is 29.6 Å². The standard InChI is InChI=1S/C19H26F3NO3.C19H22F3NO3.C17H27NO2.C14H17BrO2.C7H5BrO2.C7H13Br.C5H6F3NO.C4H8O2.CH2O3.2K.H/c2*20-19(21,22)18(25)23-8-4-7-15-9-16(12-24)11-17(10-15)26-13-14-5-2-1-3-6-14;18-8-4-7-15-9-16(12-19)11-17(10-15)20-13-14-5-2-1-3-6-14;15-13-6-12(9-16)7-14(8-13)17-10-11-4-2-1-3-5-11;8-6-1-5(4-9)2-7(10)3-6;8-6-7-4-2-1-3-5-7;1-2-3-9-4(10)5(6,7)8;1-3-6-4(2)5;2-1-4-3;;;/h9-11,14,24H,1-8,12-13H2,(H,23,25);4,7,9-12,14H,1-3,5-6,8,13H2,(H,23,25);9-11,14,19H,1-8,12-13,18H2;6-9,11H,1-5,10H2;1-4,10H;7H,1-6H2;2H,1,3H2,(H,9,10);3H2,1-2H3;1,3H;;;/q;;;;;;;;;2*+1;-1/p-1/b;7-4+;;;;;;;;;;. The summed E-state index contributed by atoms with van der Waals surface area (Å²) in [6.07, 6.45) is 27.2. The molecule has 22 nitrogen and oxygen atoms in total. The van der Waals surface area contributed by atoms with Crippen LogP contribution in [0, 0.1) is 29.6 Å². The molecule has 5 aromatic rings. The van der Waals surface area contributed by atoms with Crippen LogP contribution in [-0.2, 0) is 59.7 Å². The SMILES string of the molecule is BrCC1CCCCC1.C=CCNC(=O)C(F)(F)F.CCOC(C)=O.NCCCc1cc(CO)cc(OCC2CCCCC2)c1.O=C(NCCCc1cc(CO)cc(OCC2CCCCC2)c1)C(F)(F)F.O=CO[O-].O=Cc1cc(/C=C/CNC(=O)C(F)(F)F)cc(OCC2CCCCC2)c1.O=Cc1cc(Br)cc(OCC2CCCCC2)c1.O=Cc1cc(O)cc(Br)c1.[H-].[K+].[K+]. The third kappa shape index (κ3) is 61.5. The van der Waals surface area contributed by atoms with Crippen molar-refractivity contribution in [1.29, 1.82) is 0 Å². The first-order valence-corrected chi connectivity index (χ1v) is 45.6. The van der Waals surface area contributed by atoms with Crippen LogP contribution in [-0.4, -0.2) is 147 Å². The van der Waals surface area contributed by atoms with Gasteiger partial charge in [0.1, 0.15) is 47.6 Å². The number of amides is 3. The predicted molar refractivity (Wildman–Crippen MR) is 479 cm³/mol. The maximum Gasteiger partial charge on any atom is 1.00 e. The Balaban J connectivity index is 0. The number of ether oxygens (including phenoxy) is 5. The van der Waals surface area contributed by atoms with Crippen molar-refractivity contribution in [1.82, 2.24) is 16.0 Å². The van der Waals surface area contributed by atoms with Gasteiger partial charge in [0.2, 0.25) is 0 Å². The molecule has 5 aromatic carbocycles. The van der Waals surface area contributed by atoms with E-state index in [0.717, 1.165) is 78.2 Å². The number of hydrogen-bond acceptors (Lipinski definition) is 19. The molecule has 36 heteroatoms. The minimum Gasteiger partial charge on any atom is -1.00 e. The van der Waals surface area contributed by atoms with Crippen molar-refractivity contribution in [3.8, 4) is 28.7 Å². The van der Waals surface area contributed by atoms with Crippen molar-refractivity contribution in [3.05, 3.63) is 163 Å². The number of phenols is 1. The summed E-state index contributed by atoms with van der Waals surface area (Å²) >= 11 is 10.0. The van der Waals surface area contributed by atoms with E-state index < -0.39 is 36.3 Å². The molecule has 0 spiro atoms. The Labute approximate surface area is 864 Å². The Morgan fingerprint density at radius 3 is 1.14 bits per heavy atom. The summed E-state index contributed by atoms with van der Waals surface area (Å²) in [5.74, 6) is 0.416. The number of nitrogens with one attached hydrogen (secondary N) is 3. The fourth-order valence-electron chi connectivity index (χ4n) is 13.8. The molecule has 5 saturated carbocycles. The van der Waals surface area contributed by atoms with Crippen molar-refractivity contribution in [2.24, 2.45) is 35.3 Å². The molecule has 8 N–H and O–H groups in total. The fourth-order valence-corrected chi connectivity index (χ4v) is 15.5. The summed E-state index contributed by atoms with van der Waals surface area (Å²) in [4.78, 5) is 84.5. The molecule has 5 aliphatic carbocycles. The third-order valence-corrected chi connectivity index (χ3v) is 22.0. The van der Waals surface area contributed by atoms with Crippen LogP contribution >= 0.6 is 47.8 Å². The van der Waals surface area contributed by atoms with Crippen LogP contribution in [0.2, 0.25) is 0 Å². The first-order chi connectivity index (χ1) is 60.7. The minimum atomic E-state index is -4.90. The zero-order valence-corrected chi connectivity index (χ0v) is 85.4. The number of esters is 1. The third-order valence-electron chi connectivity index (χ3n) is 20.2. The molecule has 0 aliphatic heterocycles. The van der Waals surface area contributed by atoms with Crippen LogP contribution in [0.3, 0.4) is 0 Å². The zero-order chi connectivity index (χ0) is 94.3. The van der Waals surface area contributed by atoms with Crippen molar-refractivity contribution >= 4 is 103 Å². The van der Waals surface area contributed by atoms with Crippen molar-refractivity contribution in [2.45, 2.75) is 232 Å². The van der Waals surface area contributed by atoms with Gasteiger partial charge in [-0.1, -0.05) is 174 Å². The Bertz CT molecular complexity index is 3990. The largest absolute Gasteiger partial charge is 1.00 e. The first kappa shape index (κ1) is 124. The maximum atomic E-state index is 12.1. The van der Waals surface area contributed by atoms with Gasteiger partial charge in [-0.25, -0.2) is 0 Å². The van der Waals surface area contributed by atoms with Crippen LogP contribution in [0.5, 0.6) is 28.7 Å². The quantitative estimate of drug-likeness (QED) is 0.00242. The number of hydrogen-bond donors (Lipinski definition) is 7. The van der Waals surface area contributed by atoms with Crippen molar-refractivity contribution in [3.63, 3.8) is 0 Å². The Morgan fingerprint density at radius 2 is 0.814 bits per heavy atom. The number of aldehydes is 3. The van der Waals surface area contributed by atoms with Gasteiger partial charge in [0.15, 0.2) is 0 Å². The van der Waals surface area contributed by atoms with Gasteiger partial charge in [-0.15, -0.1) is 6.58 Å². The molecule has 0 atom stereocenters. The summed E-state index contributed by atoms with van der Waals surface area (Å²) < 4.78 is 136. The first-order valence-electron chi connectivity index (χ1n) is 42.9. The van der Waals surface area contributed by atoms with E-state index in [1.165, 1.54) is 196 Å². The number of carbonyl (C=O) groups is 8. The normalized spacial score (nSPS) is 14.6. The van der Waals surface area contributed by atoms with E-state index in [9.17, 15) is 83.3 Å². The summed E-state index contributed by atoms with van der Waals surface area (Å²) in [6, 6.07) is 26.5. The van der Waals surface area contributed by atoms with Crippen LogP contribution in [0.25, 0.3) is 6.08 Å². The number of phenolic OH excluding ortho intramolecular Hbond substituents is 1. The number of aliphatic hydroxyl groups excluding tert-OH is 2. The average molecular weight is 2080 g/mol. The maximum absolute atomic E-state index is 12.1. The molecule has 0 radical (unpaired) electrons. The van der Waals surface area contributed by atoms with E-state index in [4.69, 9.17) is 39.8 Å². The van der Waals surface area contributed by atoms with Gasteiger partial charge in [0, 0.05) is 57.5 Å². The van der Waals surface area contributed by atoms with Gasteiger partial charge in [0.05, 0.1) is 46.2 Å². The van der Waals surface area contributed by atoms with Gasteiger partial charge in [-0.3, -0.25) is 38.4 Å². The number of benzene rings is 5. The van der Waals surface area contributed by atoms with Crippen LogP contribution < -0.4 is 149 Å². The zero-order valence-electron chi connectivity index (χ0n) is 75.4. The second-order valence-electron chi connectivity index (χ2n) is 30.8. The van der Waals surface area contributed by atoms with E-state index in [1.54, 1.807) is 66.1 Å². The Hall–Kier alpha value is -5.14. The number of aryl methyl sites for hydroxylation is 2. The molecule has 712 valence electrons. The minimum absolute atomic E-state index is 0. The molecular weight excluding hydrogens is 1950 g/mol. The molecule has 0 bridgehead atoms. The molecule has 129 heavy (non-hydrogen) atoms. The van der Waals surface area contributed by atoms with Crippen molar-refractivity contribution in [2.75, 3.05) is 64.5 Å². The number of rotatable bonds is 32. The molecule has 0 aromatic heterocycles. The van der Waals surface area contributed by atoms with E-state index >= 15 is 0 Å². The fraction of sp³-hybridized carbons (Fsp3) is 0.548. The van der Waals surface area contributed by atoms with Gasteiger partial charge in [-0.2, -0.15) is 39.5 Å². The Kier molecular flexibility index (Phi) is 71.2. The summed E-state index contributed by atoms with van der Waals surface area (Å²) in [6.45, 7) is 9.58. The van der Waals surface area contributed by atoms with Gasteiger partial charge < -0.3 is 72.3 Å².